The average molecular weight is 389 g/mol. The second-order valence-corrected chi connectivity index (χ2v) is 6.94. The standard InChI is InChI=1S/C20H27N3O5/c1-4-5-11-15(19(24)25)21-20(26)27-16(13(2)3)12-17-22-23-18(28-17)14-9-7-6-8-10-14/h6-10,13,15-16H,4-5,11-12H2,1-3H3,(H,21,26)(H,24,25)/t15-,16+/m0/s1. The van der Waals surface area contributed by atoms with Crippen LogP contribution in [0.3, 0.4) is 0 Å². The molecule has 0 aliphatic rings. The van der Waals surface area contributed by atoms with E-state index in [9.17, 15) is 14.7 Å². The average Bonchev–Trinajstić information content (AvgIpc) is 3.13. The Bertz CT molecular complexity index is 760. The van der Waals surface area contributed by atoms with E-state index in [0.29, 0.717) is 24.6 Å². The van der Waals surface area contributed by atoms with Crippen LogP contribution in [-0.2, 0) is 16.0 Å². The molecule has 0 aliphatic heterocycles. The summed E-state index contributed by atoms with van der Waals surface area (Å²) in [6.07, 6.45) is 0.870. The van der Waals surface area contributed by atoms with Crippen molar-refractivity contribution in [3.8, 4) is 11.5 Å². The number of carboxylic acid groups (broad SMARTS) is 1. The van der Waals surface area contributed by atoms with Crippen LogP contribution in [0, 0.1) is 5.92 Å². The minimum atomic E-state index is -1.07. The van der Waals surface area contributed by atoms with Crippen LogP contribution in [0.4, 0.5) is 4.79 Å². The first-order chi connectivity index (χ1) is 13.4. The van der Waals surface area contributed by atoms with Crippen molar-refractivity contribution in [2.24, 2.45) is 5.92 Å². The van der Waals surface area contributed by atoms with Gasteiger partial charge in [0.25, 0.3) is 0 Å². The first kappa shape index (κ1) is 21.4. The number of hydrogen-bond donors (Lipinski definition) is 2. The Morgan fingerprint density at radius 1 is 1.21 bits per heavy atom. The summed E-state index contributed by atoms with van der Waals surface area (Å²) in [5.41, 5.74) is 0.807. The van der Waals surface area contributed by atoms with E-state index >= 15 is 0 Å². The lowest BCUT2D eigenvalue weighted by molar-refractivity contribution is -0.139. The number of nitrogens with zero attached hydrogens (tertiary/aromatic N) is 2. The van der Waals surface area contributed by atoms with E-state index in [1.54, 1.807) is 0 Å². The molecule has 2 N–H and O–H groups in total. The molecular weight excluding hydrogens is 362 g/mol. The second-order valence-electron chi connectivity index (χ2n) is 6.94. The molecule has 2 atom stereocenters. The van der Waals surface area contributed by atoms with Gasteiger partial charge >= 0.3 is 12.1 Å². The highest BCUT2D eigenvalue weighted by molar-refractivity contribution is 5.79. The zero-order valence-electron chi connectivity index (χ0n) is 16.4. The fraction of sp³-hybridized carbons (Fsp3) is 0.500. The Labute approximate surface area is 164 Å². The number of aromatic nitrogens is 2. The van der Waals surface area contributed by atoms with Crippen molar-refractivity contribution >= 4 is 12.1 Å². The van der Waals surface area contributed by atoms with Gasteiger partial charge in [-0.25, -0.2) is 9.59 Å². The van der Waals surface area contributed by atoms with Gasteiger partial charge in [-0.15, -0.1) is 10.2 Å². The molecule has 1 heterocycles. The van der Waals surface area contributed by atoms with Gasteiger partial charge in [-0.1, -0.05) is 51.8 Å². The third-order valence-corrected chi connectivity index (χ3v) is 4.30. The topological polar surface area (TPSA) is 115 Å². The maximum atomic E-state index is 12.2. The van der Waals surface area contributed by atoms with Crippen molar-refractivity contribution in [2.75, 3.05) is 0 Å². The minimum Gasteiger partial charge on any atom is -0.480 e. The molecule has 8 nitrogen and oxygen atoms in total. The van der Waals surface area contributed by atoms with E-state index in [-0.39, 0.29) is 12.3 Å². The summed E-state index contributed by atoms with van der Waals surface area (Å²) in [6, 6.07) is 8.41. The van der Waals surface area contributed by atoms with Gasteiger partial charge in [0.15, 0.2) is 0 Å². The number of alkyl carbamates (subject to hydrolysis) is 1. The van der Waals surface area contributed by atoms with Crippen molar-refractivity contribution in [1.29, 1.82) is 0 Å². The van der Waals surface area contributed by atoms with Crippen LogP contribution in [0.2, 0.25) is 0 Å². The van der Waals surface area contributed by atoms with Gasteiger partial charge in [0.2, 0.25) is 11.8 Å². The van der Waals surface area contributed by atoms with Gasteiger partial charge in [-0.05, 0) is 24.5 Å². The summed E-state index contributed by atoms with van der Waals surface area (Å²) >= 11 is 0. The highest BCUT2D eigenvalue weighted by atomic mass is 16.6. The number of aliphatic carboxylic acids is 1. The fourth-order valence-corrected chi connectivity index (χ4v) is 2.60. The molecule has 0 saturated carbocycles. The fourth-order valence-electron chi connectivity index (χ4n) is 2.60. The molecule has 28 heavy (non-hydrogen) atoms. The number of carboxylic acids is 1. The number of nitrogens with one attached hydrogen (secondary N) is 1. The normalized spacial score (nSPS) is 13.1. The van der Waals surface area contributed by atoms with Gasteiger partial charge in [0, 0.05) is 5.56 Å². The van der Waals surface area contributed by atoms with E-state index in [2.05, 4.69) is 15.5 Å². The Hall–Kier alpha value is -2.90. The Morgan fingerprint density at radius 2 is 1.93 bits per heavy atom. The van der Waals surface area contributed by atoms with Crippen LogP contribution in [0.1, 0.15) is 45.9 Å². The number of benzene rings is 1. The molecule has 152 valence electrons. The SMILES string of the molecule is CCCC[C@H](NC(=O)O[C@H](Cc1nnc(-c2ccccc2)o1)C(C)C)C(=O)O. The minimum absolute atomic E-state index is 0.0169. The summed E-state index contributed by atoms with van der Waals surface area (Å²) in [5, 5.41) is 19.7. The van der Waals surface area contributed by atoms with Gasteiger partial charge in [-0.3, -0.25) is 0 Å². The molecule has 1 aromatic heterocycles. The summed E-state index contributed by atoms with van der Waals surface area (Å²) in [5.74, 6) is -0.341. The van der Waals surface area contributed by atoms with E-state index < -0.39 is 24.2 Å². The van der Waals surface area contributed by atoms with Crippen LogP contribution in [-0.4, -0.2) is 39.5 Å². The van der Waals surface area contributed by atoms with E-state index in [0.717, 1.165) is 12.0 Å². The molecule has 2 rings (SSSR count). The number of carbonyl (C=O) groups excluding carboxylic acids is 1. The summed E-state index contributed by atoms with van der Waals surface area (Å²) < 4.78 is 11.1. The number of hydrogen-bond acceptors (Lipinski definition) is 6. The van der Waals surface area contributed by atoms with Crippen molar-refractivity contribution in [3.63, 3.8) is 0 Å². The number of ether oxygens (including phenoxy) is 1. The van der Waals surface area contributed by atoms with Gasteiger partial charge in [-0.2, -0.15) is 0 Å². The number of amides is 1. The van der Waals surface area contributed by atoms with Crippen molar-refractivity contribution in [1.82, 2.24) is 15.5 Å². The van der Waals surface area contributed by atoms with Gasteiger partial charge < -0.3 is 19.6 Å². The predicted octanol–water partition coefficient (Wildman–Crippen LogP) is 3.67. The van der Waals surface area contributed by atoms with Crippen LogP contribution in [0.15, 0.2) is 34.7 Å². The Balaban J connectivity index is 1.98. The largest absolute Gasteiger partial charge is 0.480 e. The zero-order valence-corrected chi connectivity index (χ0v) is 16.4. The zero-order chi connectivity index (χ0) is 20.5. The third kappa shape index (κ3) is 6.37. The lowest BCUT2D eigenvalue weighted by Crippen LogP contribution is -2.43. The summed E-state index contributed by atoms with van der Waals surface area (Å²) in [7, 11) is 0. The van der Waals surface area contributed by atoms with Gasteiger partial charge in [0.1, 0.15) is 12.1 Å². The van der Waals surface area contributed by atoms with Crippen molar-refractivity contribution in [2.45, 2.75) is 58.6 Å². The Kier molecular flexibility index (Phi) is 7.98. The maximum Gasteiger partial charge on any atom is 0.408 e. The van der Waals surface area contributed by atoms with Crippen molar-refractivity contribution < 1.29 is 23.8 Å². The molecule has 0 radical (unpaired) electrons. The number of rotatable bonds is 10. The molecule has 0 saturated heterocycles. The third-order valence-electron chi connectivity index (χ3n) is 4.30. The molecule has 0 unspecified atom stereocenters. The molecule has 0 aliphatic carbocycles. The second kappa shape index (κ2) is 10.4. The molecule has 0 bridgehead atoms. The van der Waals surface area contributed by atoms with E-state index in [1.165, 1.54) is 0 Å². The van der Waals surface area contributed by atoms with E-state index in [1.807, 2.05) is 51.1 Å². The molecular formula is C20H27N3O5. The lowest BCUT2D eigenvalue weighted by Gasteiger charge is -2.22. The quantitative estimate of drug-likeness (QED) is 0.637. The number of carbonyl (C=O) groups is 2. The molecule has 1 aromatic carbocycles. The Morgan fingerprint density at radius 3 is 2.54 bits per heavy atom. The van der Waals surface area contributed by atoms with Crippen LogP contribution in [0.5, 0.6) is 0 Å². The van der Waals surface area contributed by atoms with Crippen LogP contribution in [0.25, 0.3) is 11.5 Å². The molecule has 2 aromatic rings. The lowest BCUT2D eigenvalue weighted by atomic mass is 10.0. The first-order valence-electron chi connectivity index (χ1n) is 9.48. The van der Waals surface area contributed by atoms with Crippen molar-refractivity contribution in [3.05, 3.63) is 36.2 Å². The molecule has 0 fully saturated rings. The monoisotopic (exact) mass is 389 g/mol. The molecule has 0 spiro atoms. The summed E-state index contributed by atoms with van der Waals surface area (Å²) in [6.45, 7) is 5.76. The number of unbranched alkanes of at least 4 members (excludes halogenated alkanes) is 1. The smallest absolute Gasteiger partial charge is 0.408 e. The highest BCUT2D eigenvalue weighted by Crippen LogP contribution is 2.20. The summed E-state index contributed by atoms with van der Waals surface area (Å²) in [4.78, 5) is 23.5. The predicted molar refractivity (Wildman–Crippen MR) is 103 cm³/mol. The first-order valence-corrected chi connectivity index (χ1v) is 9.48. The maximum absolute atomic E-state index is 12.2. The van der Waals surface area contributed by atoms with E-state index in [4.69, 9.17) is 9.15 Å². The van der Waals surface area contributed by atoms with Crippen LogP contribution < -0.4 is 5.32 Å². The van der Waals surface area contributed by atoms with Crippen LogP contribution >= 0.6 is 0 Å². The molecule has 8 heteroatoms. The van der Waals surface area contributed by atoms with Gasteiger partial charge in [0.05, 0.1) is 6.42 Å². The highest BCUT2D eigenvalue weighted by Gasteiger charge is 2.25. The molecule has 1 amide bonds.